The summed E-state index contributed by atoms with van der Waals surface area (Å²) >= 11 is 11.8. The Morgan fingerprint density at radius 2 is 2.00 bits per heavy atom. The van der Waals surface area contributed by atoms with Gasteiger partial charge in [-0.15, -0.1) is 0 Å². The third kappa shape index (κ3) is 2.18. The molecule has 1 amide bonds. The Labute approximate surface area is 102 Å². The number of H-pyrrole nitrogens is 1. The van der Waals surface area contributed by atoms with Gasteiger partial charge in [0.2, 0.25) is 5.95 Å². The Balaban J connectivity index is 2.28. The van der Waals surface area contributed by atoms with E-state index in [0.717, 1.165) is 0 Å². The topological polar surface area (TPSA) is 57.8 Å². The average Bonchev–Trinajstić information content (AvgIpc) is 2.70. The Bertz CT molecular complexity index is 491. The first-order valence-corrected chi connectivity index (χ1v) is 5.19. The van der Waals surface area contributed by atoms with Gasteiger partial charge in [-0.1, -0.05) is 29.3 Å². The fraction of sp³-hybridized carbons (Fsp3) is 0. The summed E-state index contributed by atoms with van der Waals surface area (Å²) in [6.07, 6.45) is 3.13. The SMILES string of the molecule is O=C(Nc1ncc[nH]1)c1c(Cl)cccc1Cl. The van der Waals surface area contributed by atoms with Crippen LogP contribution >= 0.6 is 23.2 Å². The second kappa shape index (κ2) is 4.55. The van der Waals surface area contributed by atoms with Crippen molar-refractivity contribution >= 4 is 35.1 Å². The van der Waals surface area contributed by atoms with Gasteiger partial charge >= 0.3 is 0 Å². The summed E-state index contributed by atoms with van der Waals surface area (Å²) in [5.74, 6) is -0.0495. The highest BCUT2D eigenvalue weighted by atomic mass is 35.5. The molecule has 0 aliphatic carbocycles. The predicted octanol–water partition coefficient (Wildman–Crippen LogP) is 2.97. The molecule has 0 saturated heterocycles. The molecule has 82 valence electrons. The third-order valence-electron chi connectivity index (χ3n) is 1.92. The van der Waals surface area contributed by atoms with Crippen LogP contribution in [0.5, 0.6) is 0 Å². The first-order chi connectivity index (χ1) is 7.68. The Morgan fingerprint density at radius 3 is 2.56 bits per heavy atom. The molecule has 1 aromatic carbocycles. The van der Waals surface area contributed by atoms with E-state index in [9.17, 15) is 4.79 Å². The number of benzene rings is 1. The van der Waals surface area contributed by atoms with E-state index in [-0.39, 0.29) is 5.56 Å². The lowest BCUT2D eigenvalue weighted by atomic mass is 10.2. The Hall–Kier alpha value is -1.52. The summed E-state index contributed by atoms with van der Waals surface area (Å²) in [7, 11) is 0. The van der Waals surface area contributed by atoms with Crippen LogP contribution in [0, 0.1) is 0 Å². The Morgan fingerprint density at radius 1 is 1.31 bits per heavy atom. The van der Waals surface area contributed by atoms with Gasteiger partial charge in [-0.2, -0.15) is 0 Å². The quantitative estimate of drug-likeness (QED) is 0.867. The lowest BCUT2D eigenvalue weighted by molar-refractivity contribution is 0.102. The van der Waals surface area contributed by atoms with Gasteiger partial charge in [0.25, 0.3) is 5.91 Å². The van der Waals surface area contributed by atoms with Gasteiger partial charge in [0.05, 0.1) is 15.6 Å². The van der Waals surface area contributed by atoms with Crippen LogP contribution < -0.4 is 5.32 Å². The summed E-state index contributed by atoms with van der Waals surface area (Å²) in [6, 6.07) is 4.88. The number of amides is 1. The largest absolute Gasteiger partial charge is 0.331 e. The molecule has 0 unspecified atom stereocenters. The van der Waals surface area contributed by atoms with E-state index in [1.54, 1.807) is 24.4 Å². The minimum absolute atomic E-state index is 0.238. The molecule has 2 aromatic rings. The molecule has 2 N–H and O–H groups in total. The molecule has 0 aliphatic rings. The number of carbonyl (C=O) groups excluding carboxylic acids is 1. The second-order valence-electron chi connectivity index (χ2n) is 2.99. The summed E-state index contributed by atoms with van der Waals surface area (Å²) in [6.45, 7) is 0. The number of nitrogens with zero attached hydrogens (tertiary/aromatic N) is 1. The molecule has 0 aliphatic heterocycles. The number of aromatic nitrogens is 2. The molecule has 0 bridgehead atoms. The van der Waals surface area contributed by atoms with Crippen molar-refractivity contribution in [2.75, 3.05) is 5.32 Å². The van der Waals surface area contributed by atoms with Crippen molar-refractivity contribution in [2.24, 2.45) is 0 Å². The highest BCUT2D eigenvalue weighted by Gasteiger charge is 2.14. The second-order valence-corrected chi connectivity index (χ2v) is 3.80. The van der Waals surface area contributed by atoms with E-state index in [0.29, 0.717) is 16.0 Å². The minimum atomic E-state index is -0.398. The zero-order chi connectivity index (χ0) is 11.5. The maximum Gasteiger partial charge on any atom is 0.261 e. The van der Waals surface area contributed by atoms with Gasteiger partial charge in [-0.05, 0) is 12.1 Å². The molecule has 6 heteroatoms. The van der Waals surface area contributed by atoms with E-state index >= 15 is 0 Å². The number of rotatable bonds is 2. The van der Waals surface area contributed by atoms with E-state index in [1.165, 1.54) is 6.20 Å². The van der Waals surface area contributed by atoms with Crippen LogP contribution in [0.2, 0.25) is 10.0 Å². The normalized spacial score (nSPS) is 10.1. The summed E-state index contributed by atoms with van der Waals surface area (Å²) in [5.41, 5.74) is 0.238. The number of hydrogen-bond donors (Lipinski definition) is 2. The third-order valence-corrected chi connectivity index (χ3v) is 2.55. The van der Waals surface area contributed by atoms with Gasteiger partial charge in [-0.25, -0.2) is 4.98 Å². The highest BCUT2D eigenvalue weighted by Crippen LogP contribution is 2.24. The van der Waals surface area contributed by atoms with Gasteiger partial charge in [0.1, 0.15) is 0 Å². The fourth-order valence-electron chi connectivity index (χ4n) is 1.22. The van der Waals surface area contributed by atoms with Crippen molar-refractivity contribution in [1.29, 1.82) is 0 Å². The molecule has 0 saturated carbocycles. The number of hydrogen-bond acceptors (Lipinski definition) is 2. The molecule has 0 spiro atoms. The van der Waals surface area contributed by atoms with Crippen LogP contribution in [0.3, 0.4) is 0 Å². The van der Waals surface area contributed by atoms with Crippen molar-refractivity contribution in [3.05, 3.63) is 46.2 Å². The monoisotopic (exact) mass is 255 g/mol. The lowest BCUT2D eigenvalue weighted by Crippen LogP contribution is -2.14. The fourth-order valence-corrected chi connectivity index (χ4v) is 1.79. The van der Waals surface area contributed by atoms with Crippen molar-refractivity contribution in [3.8, 4) is 0 Å². The molecule has 16 heavy (non-hydrogen) atoms. The summed E-state index contributed by atoms with van der Waals surface area (Å²) in [5, 5.41) is 3.15. The number of halogens is 2. The molecule has 4 nitrogen and oxygen atoms in total. The Kier molecular flexibility index (Phi) is 3.12. The van der Waals surface area contributed by atoms with Crippen LogP contribution in [-0.2, 0) is 0 Å². The molecule has 0 fully saturated rings. The molecule has 0 radical (unpaired) electrons. The number of anilines is 1. The molecule has 1 aromatic heterocycles. The van der Waals surface area contributed by atoms with Crippen molar-refractivity contribution in [3.63, 3.8) is 0 Å². The number of aromatic amines is 1. The van der Waals surface area contributed by atoms with E-state index in [4.69, 9.17) is 23.2 Å². The van der Waals surface area contributed by atoms with Crippen LogP contribution in [0.4, 0.5) is 5.95 Å². The number of nitrogens with one attached hydrogen (secondary N) is 2. The first-order valence-electron chi connectivity index (χ1n) is 4.43. The van der Waals surface area contributed by atoms with Gasteiger partial charge < -0.3 is 4.98 Å². The maximum absolute atomic E-state index is 11.8. The van der Waals surface area contributed by atoms with Crippen molar-refractivity contribution in [1.82, 2.24) is 9.97 Å². The van der Waals surface area contributed by atoms with Crippen LogP contribution in [0.1, 0.15) is 10.4 Å². The smallest absolute Gasteiger partial charge is 0.261 e. The van der Waals surface area contributed by atoms with Crippen LogP contribution in [-0.4, -0.2) is 15.9 Å². The van der Waals surface area contributed by atoms with E-state index < -0.39 is 5.91 Å². The zero-order valence-corrected chi connectivity index (χ0v) is 9.51. The standard InChI is InChI=1S/C10H7Cl2N3O/c11-6-2-1-3-7(12)8(6)9(16)15-10-13-4-5-14-10/h1-5H,(H2,13,14,15,16). The van der Waals surface area contributed by atoms with Crippen molar-refractivity contribution < 1.29 is 4.79 Å². The van der Waals surface area contributed by atoms with E-state index in [1.807, 2.05) is 0 Å². The first kappa shape index (κ1) is 11.0. The zero-order valence-electron chi connectivity index (χ0n) is 8.00. The molecular weight excluding hydrogens is 249 g/mol. The minimum Gasteiger partial charge on any atom is -0.331 e. The van der Waals surface area contributed by atoms with Crippen LogP contribution in [0.25, 0.3) is 0 Å². The predicted molar refractivity (Wildman–Crippen MR) is 63.0 cm³/mol. The van der Waals surface area contributed by atoms with E-state index in [2.05, 4.69) is 15.3 Å². The average molecular weight is 256 g/mol. The van der Waals surface area contributed by atoms with Crippen molar-refractivity contribution in [2.45, 2.75) is 0 Å². The van der Waals surface area contributed by atoms with Gasteiger partial charge in [-0.3, -0.25) is 10.1 Å². The molecule has 1 heterocycles. The van der Waals surface area contributed by atoms with Gasteiger partial charge in [0.15, 0.2) is 0 Å². The molecular formula is C10H7Cl2N3O. The summed E-state index contributed by atoms with van der Waals surface area (Å²) in [4.78, 5) is 18.4. The lowest BCUT2D eigenvalue weighted by Gasteiger charge is -2.05. The van der Waals surface area contributed by atoms with Crippen LogP contribution in [0.15, 0.2) is 30.6 Å². The number of imidazole rings is 1. The maximum atomic E-state index is 11.8. The number of carbonyl (C=O) groups is 1. The summed E-state index contributed by atoms with van der Waals surface area (Å²) < 4.78 is 0. The van der Waals surface area contributed by atoms with Gasteiger partial charge in [0, 0.05) is 12.4 Å². The molecule has 0 atom stereocenters. The highest BCUT2D eigenvalue weighted by molar-refractivity contribution is 6.40. The molecule has 2 rings (SSSR count).